The lowest BCUT2D eigenvalue weighted by Crippen LogP contribution is -2.41. The zero-order valence-electron chi connectivity index (χ0n) is 54.4. The minimum Gasteiger partial charge on any atom is -0.399 e. The Bertz CT molecular complexity index is 3260. The molecule has 3 aliphatic heterocycles. The lowest BCUT2D eigenvalue weighted by atomic mass is 9.83. The fourth-order valence-electron chi connectivity index (χ4n) is 11.7. The van der Waals surface area contributed by atoms with Crippen LogP contribution in [0.2, 0.25) is 0 Å². The number of thiophene rings is 6. The van der Waals surface area contributed by atoms with Crippen LogP contribution in [0.3, 0.4) is 0 Å². The Balaban J connectivity index is 0.000000168. The number of aromatic nitrogens is 2. The van der Waals surface area contributed by atoms with E-state index in [4.69, 9.17) is 28.6 Å². The largest absolute Gasteiger partial charge is 0.506 e. The summed E-state index contributed by atoms with van der Waals surface area (Å²) in [6.45, 7) is 32.9. The smallest absolute Gasteiger partial charge is 0.399 e. The van der Waals surface area contributed by atoms with Gasteiger partial charge >= 0.3 is 14.2 Å². The third-order valence-corrected chi connectivity index (χ3v) is 32.0. The molecule has 466 valence electrons. The van der Waals surface area contributed by atoms with Gasteiger partial charge in [0.05, 0.1) is 51.5 Å². The molecule has 0 N–H and O–H groups in total. The summed E-state index contributed by atoms with van der Waals surface area (Å²) in [6.07, 6.45) is 30.1. The molecule has 6 nitrogen and oxygen atoms in total. The third-order valence-electron chi connectivity index (χ3n) is 18.2. The first-order chi connectivity index (χ1) is 40.7. The van der Waals surface area contributed by atoms with E-state index in [-0.39, 0.29) is 36.6 Å². The number of thiazole rings is 2. The number of rotatable bonds is 28. The normalized spacial score (nSPS) is 17.5. The summed E-state index contributed by atoms with van der Waals surface area (Å²) >= 11 is 15.3. The maximum absolute atomic E-state index is 6.45. The van der Waals surface area contributed by atoms with Crippen molar-refractivity contribution in [3.05, 3.63) is 53.5 Å². The fourth-order valence-corrected chi connectivity index (χ4v) is 26.4. The highest BCUT2D eigenvalue weighted by Crippen LogP contribution is 2.74. The molecule has 11 rings (SSSR count). The van der Waals surface area contributed by atoms with Crippen molar-refractivity contribution in [3.8, 4) is 19.6 Å². The Hall–Kier alpha value is -1.44. The Labute approximate surface area is 547 Å². The summed E-state index contributed by atoms with van der Waals surface area (Å²) in [5, 5.41) is 14.1. The van der Waals surface area contributed by atoms with Crippen molar-refractivity contribution < 1.29 is 18.6 Å². The van der Waals surface area contributed by atoms with Gasteiger partial charge in [-0.15, -0.1) is 68.0 Å². The standard InChI is InChI=1S/C32H46N2S5.C24H38B2O4S2.C12H16S2/c1-6-9-12-15-18-24-21-25-22(4)35-27(26(25)37-24)30-34-32-29(38-30)28-31(33-23(5)36-28)39(32,19-16-13-10-7-2)20-17-14-11-8-3;1-10-11-12-13-14-16-15-17-18(31-16)20(26-29-23(6,7)24(8,9)30-26)32-19(17)25-27-21(2,3)22(4,5)28-25;1-2-3-4-5-6-11-7-10-8-13-9-12(10)14-11/h21H,6-20H2,1-5H3;15H,10-14H2,1-9H3;7-9H,2-6H2,1H3. The van der Waals surface area contributed by atoms with Crippen molar-refractivity contribution in [1.29, 1.82) is 0 Å². The van der Waals surface area contributed by atoms with Gasteiger partial charge in [0.2, 0.25) is 0 Å². The van der Waals surface area contributed by atoms with Crippen LogP contribution < -0.4 is 9.55 Å². The van der Waals surface area contributed by atoms with Crippen LogP contribution in [0.4, 0.5) is 0 Å². The third kappa shape index (κ3) is 15.4. The van der Waals surface area contributed by atoms with Gasteiger partial charge in [0.25, 0.3) is 0 Å². The van der Waals surface area contributed by atoms with E-state index in [9.17, 15) is 0 Å². The highest BCUT2D eigenvalue weighted by atomic mass is 32.3. The van der Waals surface area contributed by atoms with Gasteiger partial charge in [0, 0.05) is 55.2 Å². The molecule has 85 heavy (non-hydrogen) atoms. The van der Waals surface area contributed by atoms with Gasteiger partial charge < -0.3 is 18.6 Å². The number of hydrogen-bond acceptors (Lipinski definition) is 14. The van der Waals surface area contributed by atoms with Crippen LogP contribution in [0.1, 0.15) is 243 Å². The summed E-state index contributed by atoms with van der Waals surface area (Å²) in [5.41, 5.74) is -1.45. The molecule has 0 atom stereocenters. The highest BCUT2D eigenvalue weighted by Gasteiger charge is 2.56. The van der Waals surface area contributed by atoms with Gasteiger partial charge in [-0.05, 0) is 156 Å². The minimum absolute atomic E-state index is 0.362. The first-order valence-corrected chi connectivity index (χ1v) is 41.3. The molecule has 8 aromatic rings. The molecule has 0 radical (unpaired) electrons. The average Bonchev–Trinajstić information content (AvgIpc) is 1.60. The summed E-state index contributed by atoms with van der Waals surface area (Å²) in [5.74, 6) is 2.57. The van der Waals surface area contributed by atoms with Gasteiger partial charge in [-0.2, -0.15) is 32.7 Å². The molecule has 3 aliphatic rings. The molecule has 2 saturated heterocycles. The molecule has 0 unspecified atom stereocenters. The second kappa shape index (κ2) is 29.9. The number of fused-ring (bicyclic) bond motifs is 6. The topological polar surface area (TPSA) is 62.7 Å². The molecule has 8 aromatic heterocycles. The average molecular weight is 1320 g/mol. The first-order valence-electron chi connectivity index (χ1n) is 32.7. The maximum atomic E-state index is 6.45. The summed E-state index contributed by atoms with van der Waals surface area (Å²) in [6, 6.07) is 7.21. The molecule has 0 spiro atoms. The molecule has 11 heterocycles. The van der Waals surface area contributed by atoms with Crippen LogP contribution in [0.5, 0.6) is 0 Å². The van der Waals surface area contributed by atoms with Gasteiger partial charge in [0.1, 0.15) is 15.1 Å². The van der Waals surface area contributed by atoms with Crippen molar-refractivity contribution in [2.45, 2.75) is 284 Å². The molecule has 0 bridgehead atoms. The van der Waals surface area contributed by atoms with Crippen molar-refractivity contribution in [3.63, 3.8) is 0 Å². The van der Waals surface area contributed by atoms with E-state index < -0.39 is 10.0 Å². The van der Waals surface area contributed by atoms with E-state index in [1.165, 1.54) is 227 Å². The summed E-state index contributed by atoms with van der Waals surface area (Å²) in [7, 11) is -1.89. The first kappa shape index (κ1) is 67.9. The molecular formula is C68H100B2N2O4S9. The minimum atomic E-state index is -1.16. The van der Waals surface area contributed by atoms with E-state index in [2.05, 4.69) is 133 Å². The van der Waals surface area contributed by atoms with E-state index in [0.29, 0.717) is 0 Å². The number of aryl methyl sites for hydroxylation is 5. The Morgan fingerprint density at radius 1 is 0.435 bits per heavy atom. The molecule has 0 aliphatic carbocycles. The summed E-state index contributed by atoms with van der Waals surface area (Å²) in [4.78, 5) is 21.3. The SMILES string of the molecule is CCCCCCc1cc2c(B3OC(C)(C)C(C)(C)O3)sc(B3OC(C)(C)C(C)(C)O3)c2s1.CCCCCCc1cc2c(C)sc(-c3nc4c(s3)-c3sc(C)nc3S4(CCCCCC)CCCCCC)c2s1.CCCCCCc1cc2cscc2s1. The zero-order chi connectivity index (χ0) is 60.7. The maximum Gasteiger partial charge on any atom is 0.506 e. The number of unbranched alkanes of at least 4 members (excludes halogenated alkanes) is 15. The quantitative estimate of drug-likeness (QED) is 0.0360. The van der Waals surface area contributed by atoms with E-state index in [1.807, 2.05) is 79.4 Å². The lowest BCUT2D eigenvalue weighted by Gasteiger charge is -2.35. The van der Waals surface area contributed by atoms with Crippen LogP contribution in [-0.2, 0) is 37.9 Å². The van der Waals surface area contributed by atoms with Gasteiger partial charge in [0.15, 0.2) is 0 Å². The molecule has 0 aromatic carbocycles. The fraction of sp³-hybridized carbons (Fsp3) is 0.647. The summed E-state index contributed by atoms with van der Waals surface area (Å²) < 4.78 is 32.3. The predicted octanol–water partition coefficient (Wildman–Crippen LogP) is 23.4. The van der Waals surface area contributed by atoms with Crippen molar-refractivity contribution in [1.82, 2.24) is 9.97 Å². The zero-order valence-corrected chi connectivity index (χ0v) is 61.8. The van der Waals surface area contributed by atoms with Crippen molar-refractivity contribution in [2.75, 3.05) is 11.5 Å². The highest BCUT2D eigenvalue weighted by molar-refractivity contribution is 8.34. The second-order valence-electron chi connectivity index (χ2n) is 26.2. The van der Waals surface area contributed by atoms with Gasteiger partial charge in [-0.3, -0.25) is 0 Å². The van der Waals surface area contributed by atoms with Crippen molar-refractivity contribution in [2.24, 2.45) is 0 Å². The molecule has 0 amide bonds. The van der Waals surface area contributed by atoms with Crippen molar-refractivity contribution >= 4 is 155 Å². The van der Waals surface area contributed by atoms with E-state index in [0.717, 1.165) is 16.0 Å². The molecule has 17 heteroatoms. The second-order valence-corrected chi connectivity index (χ2v) is 38.2. The van der Waals surface area contributed by atoms with Crippen LogP contribution in [0.15, 0.2) is 39.0 Å². The Morgan fingerprint density at radius 3 is 1.41 bits per heavy atom. The Morgan fingerprint density at radius 2 is 0.894 bits per heavy atom. The molecule has 2 fully saturated rings. The molecular weight excluding hydrogens is 1220 g/mol. The number of hydrogen-bond donors (Lipinski definition) is 0. The molecule has 0 saturated carbocycles. The lowest BCUT2D eigenvalue weighted by molar-refractivity contribution is 0.00578. The van der Waals surface area contributed by atoms with Gasteiger partial charge in [-0.25, -0.2) is 9.97 Å². The van der Waals surface area contributed by atoms with Crippen LogP contribution in [0, 0.1) is 13.8 Å². The van der Waals surface area contributed by atoms with E-state index in [1.54, 1.807) is 21.1 Å². The number of nitrogens with zero attached hydrogens (tertiary/aromatic N) is 2. The predicted molar refractivity (Wildman–Crippen MR) is 388 cm³/mol. The van der Waals surface area contributed by atoms with Gasteiger partial charge in [-0.1, -0.05) is 131 Å². The Kier molecular flexibility index (Phi) is 23.9. The van der Waals surface area contributed by atoms with Crippen LogP contribution in [-0.4, -0.2) is 58.1 Å². The monoisotopic (exact) mass is 1320 g/mol. The van der Waals surface area contributed by atoms with Crippen LogP contribution in [0.25, 0.3) is 49.9 Å². The van der Waals surface area contributed by atoms with E-state index >= 15 is 0 Å². The van der Waals surface area contributed by atoms with Crippen LogP contribution >= 0.6 is 101 Å².